The number of hydrogen-bond donors (Lipinski definition) is 1. The van der Waals surface area contributed by atoms with E-state index in [1.54, 1.807) is 6.92 Å². The lowest BCUT2D eigenvalue weighted by molar-refractivity contribution is -0.145. The number of carbonyl (C=O) groups excluding carboxylic acids is 2. The van der Waals surface area contributed by atoms with E-state index < -0.39 is 0 Å². The molecule has 1 aliphatic carbocycles. The SMILES string of the molecule is CCOC(=O)CC(NC1CC1)C(C)=O. The fourth-order valence-electron chi connectivity index (χ4n) is 1.24. The van der Waals surface area contributed by atoms with E-state index in [-0.39, 0.29) is 24.2 Å². The molecule has 1 rings (SSSR count). The molecule has 1 unspecified atom stereocenters. The molecule has 0 aromatic carbocycles. The zero-order chi connectivity index (χ0) is 10.6. The van der Waals surface area contributed by atoms with Crippen LogP contribution in [0.2, 0.25) is 0 Å². The average molecular weight is 199 g/mol. The van der Waals surface area contributed by atoms with Gasteiger partial charge in [-0.1, -0.05) is 0 Å². The molecule has 1 saturated carbocycles. The minimum Gasteiger partial charge on any atom is -0.466 e. The topological polar surface area (TPSA) is 55.4 Å². The maximum atomic E-state index is 11.2. The van der Waals surface area contributed by atoms with Crippen molar-refractivity contribution < 1.29 is 14.3 Å². The highest BCUT2D eigenvalue weighted by Crippen LogP contribution is 2.20. The van der Waals surface area contributed by atoms with E-state index in [9.17, 15) is 9.59 Å². The van der Waals surface area contributed by atoms with Gasteiger partial charge in [0.25, 0.3) is 0 Å². The monoisotopic (exact) mass is 199 g/mol. The van der Waals surface area contributed by atoms with Gasteiger partial charge < -0.3 is 10.1 Å². The van der Waals surface area contributed by atoms with Gasteiger partial charge in [-0.15, -0.1) is 0 Å². The molecule has 0 amide bonds. The first-order chi connectivity index (χ1) is 6.63. The predicted molar refractivity (Wildman–Crippen MR) is 51.9 cm³/mol. The summed E-state index contributed by atoms with van der Waals surface area (Å²) in [4.78, 5) is 22.3. The highest BCUT2D eigenvalue weighted by molar-refractivity contribution is 5.86. The third-order valence-corrected chi connectivity index (χ3v) is 2.18. The lowest BCUT2D eigenvalue weighted by Crippen LogP contribution is -2.39. The number of nitrogens with one attached hydrogen (secondary N) is 1. The van der Waals surface area contributed by atoms with E-state index >= 15 is 0 Å². The van der Waals surface area contributed by atoms with Crippen LogP contribution in [0.4, 0.5) is 0 Å². The van der Waals surface area contributed by atoms with Gasteiger partial charge in [-0.25, -0.2) is 0 Å². The zero-order valence-corrected chi connectivity index (χ0v) is 8.71. The fraction of sp³-hybridized carbons (Fsp3) is 0.800. The van der Waals surface area contributed by atoms with Crippen LogP contribution in [0.1, 0.15) is 33.1 Å². The minimum absolute atomic E-state index is 0.00459. The molecule has 14 heavy (non-hydrogen) atoms. The molecule has 1 atom stereocenters. The van der Waals surface area contributed by atoms with Crippen LogP contribution >= 0.6 is 0 Å². The lowest BCUT2D eigenvalue weighted by atomic mass is 10.1. The first-order valence-corrected chi connectivity index (χ1v) is 5.05. The molecule has 1 fully saturated rings. The first-order valence-electron chi connectivity index (χ1n) is 5.05. The maximum absolute atomic E-state index is 11.2. The lowest BCUT2D eigenvalue weighted by Gasteiger charge is -2.14. The van der Waals surface area contributed by atoms with E-state index in [4.69, 9.17) is 4.74 Å². The standard InChI is InChI=1S/C10H17NO3/c1-3-14-10(13)6-9(7(2)12)11-8-4-5-8/h8-9,11H,3-6H2,1-2H3. The molecule has 1 N–H and O–H groups in total. The number of esters is 1. The second-order valence-corrected chi connectivity index (χ2v) is 3.61. The highest BCUT2D eigenvalue weighted by Gasteiger charge is 2.28. The van der Waals surface area contributed by atoms with Crippen LogP contribution in [-0.2, 0) is 14.3 Å². The van der Waals surface area contributed by atoms with E-state index in [1.807, 2.05) is 0 Å². The molecule has 0 radical (unpaired) electrons. The van der Waals surface area contributed by atoms with Crippen molar-refractivity contribution in [3.63, 3.8) is 0 Å². The van der Waals surface area contributed by atoms with Gasteiger partial charge >= 0.3 is 5.97 Å². The third-order valence-electron chi connectivity index (χ3n) is 2.18. The Balaban J connectivity index is 2.33. The molecule has 4 nitrogen and oxygen atoms in total. The zero-order valence-electron chi connectivity index (χ0n) is 8.71. The van der Waals surface area contributed by atoms with Crippen molar-refractivity contribution in [2.45, 2.75) is 45.2 Å². The molecular weight excluding hydrogens is 182 g/mol. The molecule has 0 aromatic heterocycles. The van der Waals surface area contributed by atoms with Crippen molar-refractivity contribution in [1.82, 2.24) is 5.32 Å². The smallest absolute Gasteiger partial charge is 0.307 e. The largest absolute Gasteiger partial charge is 0.466 e. The van der Waals surface area contributed by atoms with Crippen LogP contribution in [0.15, 0.2) is 0 Å². The van der Waals surface area contributed by atoms with Crippen molar-refractivity contribution in [3.05, 3.63) is 0 Å². The molecule has 0 heterocycles. The molecule has 0 aromatic rings. The highest BCUT2D eigenvalue weighted by atomic mass is 16.5. The van der Waals surface area contributed by atoms with Gasteiger partial charge in [0.1, 0.15) is 5.78 Å². The Labute approximate surface area is 84.0 Å². The van der Waals surface area contributed by atoms with Gasteiger partial charge in [0.2, 0.25) is 0 Å². The van der Waals surface area contributed by atoms with Crippen LogP contribution < -0.4 is 5.32 Å². The van der Waals surface area contributed by atoms with E-state index in [2.05, 4.69) is 5.32 Å². The molecule has 0 spiro atoms. The van der Waals surface area contributed by atoms with Gasteiger partial charge in [0.15, 0.2) is 0 Å². The molecule has 80 valence electrons. The summed E-state index contributed by atoms with van der Waals surface area (Å²) in [5.41, 5.74) is 0. The summed E-state index contributed by atoms with van der Waals surface area (Å²) in [5.74, 6) is -0.300. The predicted octanol–water partition coefficient (Wildman–Crippen LogP) is 0.649. The van der Waals surface area contributed by atoms with Crippen molar-refractivity contribution in [2.75, 3.05) is 6.61 Å². The molecule has 4 heteroatoms. The second kappa shape index (κ2) is 5.10. The summed E-state index contributed by atoms with van der Waals surface area (Å²) in [6.07, 6.45) is 2.36. The maximum Gasteiger partial charge on any atom is 0.307 e. The second-order valence-electron chi connectivity index (χ2n) is 3.61. The summed E-state index contributed by atoms with van der Waals surface area (Å²) in [7, 11) is 0. The van der Waals surface area contributed by atoms with Crippen molar-refractivity contribution in [1.29, 1.82) is 0 Å². The number of rotatable bonds is 6. The fourth-order valence-corrected chi connectivity index (χ4v) is 1.24. The van der Waals surface area contributed by atoms with Crippen molar-refractivity contribution in [3.8, 4) is 0 Å². The Morgan fingerprint density at radius 1 is 1.50 bits per heavy atom. The van der Waals surface area contributed by atoms with Crippen LogP contribution in [0.5, 0.6) is 0 Å². The molecular formula is C10H17NO3. The Hall–Kier alpha value is -0.900. The van der Waals surface area contributed by atoms with Crippen LogP contribution in [0.25, 0.3) is 0 Å². The molecule has 0 saturated heterocycles. The molecule has 0 aliphatic heterocycles. The van der Waals surface area contributed by atoms with E-state index in [1.165, 1.54) is 6.92 Å². The quantitative estimate of drug-likeness (QED) is 0.638. The van der Waals surface area contributed by atoms with Crippen molar-refractivity contribution >= 4 is 11.8 Å². The normalized spacial score (nSPS) is 17.6. The van der Waals surface area contributed by atoms with Gasteiger partial charge in [-0.05, 0) is 26.7 Å². The van der Waals surface area contributed by atoms with Gasteiger partial charge in [-0.3, -0.25) is 9.59 Å². The number of carbonyl (C=O) groups is 2. The van der Waals surface area contributed by atoms with Crippen molar-refractivity contribution in [2.24, 2.45) is 0 Å². The molecule has 0 bridgehead atoms. The minimum atomic E-state index is -0.360. The number of ketones is 1. The van der Waals surface area contributed by atoms with Crippen LogP contribution in [-0.4, -0.2) is 30.4 Å². The number of ether oxygens (including phenoxy) is 1. The summed E-state index contributed by atoms with van der Waals surface area (Å²) >= 11 is 0. The molecule has 1 aliphatic rings. The first kappa shape index (κ1) is 11.2. The van der Waals surface area contributed by atoms with Gasteiger partial charge in [0, 0.05) is 6.04 Å². The summed E-state index contributed by atoms with van der Waals surface area (Å²) in [5, 5.41) is 3.13. The summed E-state index contributed by atoms with van der Waals surface area (Å²) in [6.45, 7) is 3.63. The number of hydrogen-bond acceptors (Lipinski definition) is 4. The van der Waals surface area contributed by atoms with Gasteiger partial charge in [-0.2, -0.15) is 0 Å². The Morgan fingerprint density at radius 3 is 2.57 bits per heavy atom. The Bertz CT molecular complexity index is 223. The van der Waals surface area contributed by atoms with E-state index in [0.717, 1.165) is 12.8 Å². The summed E-state index contributed by atoms with van der Waals surface area (Å²) < 4.78 is 4.79. The van der Waals surface area contributed by atoms with Gasteiger partial charge in [0.05, 0.1) is 19.1 Å². The number of Topliss-reactive ketones (excluding diaryl/α,β-unsaturated/α-hetero) is 1. The third kappa shape index (κ3) is 3.87. The Kier molecular flexibility index (Phi) is 4.07. The Morgan fingerprint density at radius 2 is 2.14 bits per heavy atom. The average Bonchev–Trinajstić information content (AvgIpc) is 2.87. The van der Waals surface area contributed by atoms with Crippen LogP contribution in [0, 0.1) is 0 Å². The summed E-state index contributed by atoms with van der Waals surface area (Å²) in [6, 6.07) is 0.0693. The van der Waals surface area contributed by atoms with Crippen LogP contribution in [0.3, 0.4) is 0 Å². The van der Waals surface area contributed by atoms with E-state index in [0.29, 0.717) is 12.6 Å².